The first kappa shape index (κ1) is 20.1. The van der Waals surface area contributed by atoms with Gasteiger partial charge < -0.3 is 9.47 Å². The average Bonchev–Trinajstić information content (AvgIpc) is 2.73. The Morgan fingerprint density at radius 2 is 1.03 bits per heavy atom. The van der Waals surface area contributed by atoms with Crippen LogP contribution < -0.4 is 9.47 Å². The van der Waals surface area contributed by atoms with E-state index in [-0.39, 0.29) is 22.6 Å². The van der Waals surface area contributed by atoms with Gasteiger partial charge in [0.1, 0.15) is 22.6 Å². The zero-order chi connectivity index (χ0) is 21.7. The van der Waals surface area contributed by atoms with Gasteiger partial charge in [0.2, 0.25) is 0 Å². The number of nitro groups is 2. The minimum atomic E-state index is -0.968. The van der Waals surface area contributed by atoms with Crippen molar-refractivity contribution in [1.29, 1.82) is 0 Å². The van der Waals surface area contributed by atoms with Crippen molar-refractivity contribution in [2.45, 2.75) is 0 Å². The van der Waals surface area contributed by atoms with Crippen LogP contribution in [0.5, 0.6) is 11.5 Å². The summed E-state index contributed by atoms with van der Waals surface area (Å²) in [5.41, 5.74) is -1.32. The van der Waals surface area contributed by atoms with Gasteiger partial charge in [-0.15, -0.1) is 0 Å². The van der Waals surface area contributed by atoms with Crippen LogP contribution >= 0.6 is 0 Å². The molecule has 0 aliphatic rings. The van der Waals surface area contributed by atoms with Crippen molar-refractivity contribution in [2.75, 3.05) is 0 Å². The van der Waals surface area contributed by atoms with E-state index >= 15 is 0 Å². The van der Waals surface area contributed by atoms with Crippen LogP contribution in [0.25, 0.3) is 0 Å². The number of nitrogens with zero attached hydrogens (tertiary/aromatic N) is 2. The van der Waals surface area contributed by atoms with Gasteiger partial charge in [0.15, 0.2) is 0 Å². The van der Waals surface area contributed by atoms with Gasteiger partial charge >= 0.3 is 11.9 Å². The van der Waals surface area contributed by atoms with E-state index < -0.39 is 33.2 Å². The van der Waals surface area contributed by atoms with Gasteiger partial charge in [0.05, 0.1) is 9.85 Å². The zero-order valence-corrected chi connectivity index (χ0v) is 15.1. The molecule has 3 rings (SSSR count). The Morgan fingerprint density at radius 1 is 0.633 bits per heavy atom. The number of hydrogen-bond donors (Lipinski definition) is 0. The lowest BCUT2D eigenvalue weighted by molar-refractivity contribution is -0.385. The first-order chi connectivity index (χ1) is 14.4. The molecule has 0 spiro atoms. The fourth-order valence-corrected chi connectivity index (χ4v) is 2.54. The summed E-state index contributed by atoms with van der Waals surface area (Å²) in [4.78, 5) is 45.3. The number of esters is 2. The average molecular weight is 408 g/mol. The Hall–Kier alpha value is -4.60. The summed E-state index contributed by atoms with van der Waals surface area (Å²) in [6, 6.07) is 16.0. The number of nitro benzene ring substituents is 2. The second-order valence-electron chi connectivity index (χ2n) is 5.80. The lowest BCUT2D eigenvalue weighted by Gasteiger charge is -2.08. The number of ether oxygens (including phenoxy) is 2. The van der Waals surface area contributed by atoms with Crippen LogP contribution in [0.15, 0.2) is 72.8 Å². The van der Waals surface area contributed by atoms with Crippen LogP contribution in [0.2, 0.25) is 0 Å². The Morgan fingerprint density at radius 3 is 1.43 bits per heavy atom. The highest BCUT2D eigenvalue weighted by atomic mass is 16.6. The molecule has 150 valence electrons. The first-order valence-corrected chi connectivity index (χ1v) is 8.38. The van der Waals surface area contributed by atoms with Gasteiger partial charge in [-0.25, -0.2) is 9.59 Å². The molecule has 0 heterocycles. The Kier molecular flexibility index (Phi) is 5.78. The summed E-state index contributed by atoms with van der Waals surface area (Å²) in [7, 11) is 0. The normalized spacial score (nSPS) is 10.1. The number of para-hydroxylation sites is 2. The third-order valence-electron chi connectivity index (χ3n) is 3.87. The fraction of sp³-hybridized carbons (Fsp3) is 0. The maximum atomic E-state index is 12.3. The highest BCUT2D eigenvalue weighted by Crippen LogP contribution is 2.25. The van der Waals surface area contributed by atoms with Crippen LogP contribution in [0, 0.1) is 20.2 Å². The maximum Gasteiger partial charge on any atom is 0.350 e. The maximum absolute atomic E-state index is 12.3. The van der Waals surface area contributed by atoms with E-state index in [2.05, 4.69) is 0 Å². The minimum absolute atomic E-state index is 0.0361. The molecule has 10 nitrogen and oxygen atoms in total. The zero-order valence-electron chi connectivity index (χ0n) is 15.1. The van der Waals surface area contributed by atoms with E-state index in [1.165, 1.54) is 72.8 Å². The molecule has 10 heteroatoms. The molecule has 0 amide bonds. The van der Waals surface area contributed by atoms with Gasteiger partial charge in [-0.2, -0.15) is 0 Å². The fourth-order valence-electron chi connectivity index (χ4n) is 2.54. The van der Waals surface area contributed by atoms with Crippen LogP contribution in [0.1, 0.15) is 20.7 Å². The van der Waals surface area contributed by atoms with Crippen molar-refractivity contribution in [2.24, 2.45) is 0 Å². The summed E-state index contributed by atoms with van der Waals surface area (Å²) in [5.74, 6) is -2.01. The molecule has 0 N–H and O–H groups in total. The molecular weight excluding hydrogens is 396 g/mol. The molecule has 0 bridgehead atoms. The van der Waals surface area contributed by atoms with Gasteiger partial charge in [-0.05, 0) is 24.3 Å². The van der Waals surface area contributed by atoms with E-state index in [0.717, 1.165) is 0 Å². The Labute approximate surface area is 168 Å². The molecule has 0 saturated heterocycles. The predicted octanol–water partition coefficient (Wildman–Crippen LogP) is 3.94. The molecule has 30 heavy (non-hydrogen) atoms. The van der Waals surface area contributed by atoms with Crippen molar-refractivity contribution in [3.05, 3.63) is 104 Å². The van der Waals surface area contributed by atoms with Gasteiger partial charge in [0.25, 0.3) is 11.4 Å². The molecule has 0 radical (unpaired) electrons. The lowest BCUT2D eigenvalue weighted by atomic mass is 10.2. The molecule has 0 aliphatic heterocycles. The summed E-state index contributed by atoms with van der Waals surface area (Å²) >= 11 is 0. The van der Waals surface area contributed by atoms with Gasteiger partial charge in [-0.1, -0.05) is 30.3 Å². The molecule has 0 unspecified atom stereocenters. The van der Waals surface area contributed by atoms with E-state index in [4.69, 9.17) is 9.47 Å². The van der Waals surface area contributed by atoms with Gasteiger partial charge in [0, 0.05) is 18.2 Å². The third kappa shape index (κ3) is 4.44. The second-order valence-corrected chi connectivity index (χ2v) is 5.80. The summed E-state index contributed by atoms with van der Waals surface area (Å²) < 4.78 is 10.3. The topological polar surface area (TPSA) is 139 Å². The summed E-state index contributed by atoms with van der Waals surface area (Å²) in [6.07, 6.45) is 0. The number of benzene rings is 3. The number of carbonyl (C=O) groups is 2. The molecular formula is C20H12N2O8. The van der Waals surface area contributed by atoms with E-state index in [1.807, 2.05) is 0 Å². The largest absolute Gasteiger partial charge is 0.423 e. The molecule has 0 atom stereocenters. The lowest BCUT2D eigenvalue weighted by Crippen LogP contribution is -2.12. The standard InChI is InChI=1S/C20H12N2O8/c23-19(15-8-1-3-10-17(15)21(25)26)29-13-6-5-7-14(12-13)30-20(24)16-9-2-4-11-18(16)22(27)28/h1-12H. The van der Waals surface area contributed by atoms with Crippen LogP contribution in [0.4, 0.5) is 11.4 Å². The Balaban J connectivity index is 1.79. The number of hydrogen-bond acceptors (Lipinski definition) is 8. The molecule has 3 aromatic rings. The third-order valence-corrected chi connectivity index (χ3v) is 3.87. The van der Waals surface area contributed by atoms with Crippen molar-refractivity contribution < 1.29 is 28.9 Å². The van der Waals surface area contributed by atoms with Crippen LogP contribution in [0.3, 0.4) is 0 Å². The monoisotopic (exact) mass is 408 g/mol. The molecule has 0 saturated carbocycles. The molecule has 0 aliphatic carbocycles. The van der Waals surface area contributed by atoms with Crippen molar-refractivity contribution in [1.82, 2.24) is 0 Å². The first-order valence-electron chi connectivity index (χ1n) is 8.38. The summed E-state index contributed by atoms with van der Waals surface area (Å²) in [5, 5.41) is 22.1. The number of carbonyl (C=O) groups excluding carboxylic acids is 2. The molecule has 0 aromatic heterocycles. The predicted molar refractivity (Wildman–Crippen MR) is 103 cm³/mol. The highest BCUT2D eigenvalue weighted by molar-refractivity contribution is 5.96. The van der Waals surface area contributed by atoms with Gasteiger partial charge in [-0.3, -0.25) is 20.2 Å². The van der Waals surface area contributed by atoms with E-state index in [1.54, 1.807) is 0 Å². The second kappa shape index (κ2) is 8.61. The van der Waals surface area contributed by atoms with E-state index in [9.17, 15) is 29.8 Å². The van der Waals surface area contributed by atoms with E-state index in [0.29, 0.717) is 0 Å². The van der Waals surface area contributed by atoms with Crippen molar-refractivity contribution >= 4 is 23.3 Å². The molecule has 3 aromatic carbocycles. The van der Waals surface area contributed by atoms with Crippen molar-refractivity contribution in [3.8, 4) is 11.5 Å². The highest BCUT2D eigenvalue weighted by Gasteiger charge is 2.23. The Bertz CT molecular complexity index is 1070. The van der Waals surface area contributed by atoms with Crippen LogP contribution in [-0.4, -0.2) is 21.8 Å². The molecule has 0 fully saturated rings. The quantitative estimate of drug-likeness (QED) is 0.259. The summed E-state index contributed by atoms with van der Waals surface area (Å²) in [6.45, 7) is 0. The van der Waals surface area contributed by atoms with Crippen LogP contribution in [-0.2, 0) is 0 Å². The van der Waals surface area contributed by atoms with Crippen molar-refractivity contribution in [3.63, 3.8) is 0 Å². The SMILES string of the molecule is O=C(Oc1cccc(OC(=O)c2ccccc2[N+](=O)[O-])c1)c1ccccc1[N+](=O)[O-]. The smallest absolute Gasteiger partial charge is 0.350 e. The minimum Gasteiger partial charge on any atom is -0.423 e. The number of rotatable bonds is 6.